The maximum atomic E-state index is 7.39. The van der Waals surface area contributed by atoms with Crippen LogP contribution in [-0.4, -0.2) is 0 Å². The Bertz CT molecular complexity index is 2560. The van der Waals surface area contributed by atoms with Crippen LogP contribution >= 0.6 is 11.6 Å². The molecule has 3 heteroatoms. The molecule has 2 heterocycles. The summed E-state index contributed by atoms with van der Waals surface area (Å²) in [5, 5.41) is 0.871. The second-order valence-corrected chi connectivity index (χ2v) is 16.9. The van der Waals surface area contributed by atoms with Crippen LogP contribution in [0.15, 0.2) is 189 Å². The maximum Gasteiger partial charge on any atom is 0.361 e. The van der Waals surface area contributed by atoms with Crippen molar-refractivity contribution in [2.24, 2.45) is 11.8 Å². The molecule has 2 unspecified atom stereocenters. The Balaban J connectivity index is 1.10. The molecule has 9 rings (SSSR count). The minimum atomic E-state index is 0.529. The third kappa shape index (κ3) is 8.31. The molecule has 0 radical (unpaired) electrons. The molecule has 5 aromatic rings. The standard InChI is InChI=1S/C56H52ClO2/c1-3-38-32-46(55-50(34-38)48(40-18-9-5-10-19-40)36-52(58-55)42-22-13-7-14-23-42)30-28-44-26-17-27-45(54(44)57)29-31-47-33-39(4-2)35-51-49(41-20-11-6-12-21-41)37-53(59-56(47)51)43-24-15-8-16-25-43/h5-16,18-25,30-31,36-39H,3-4,17,26-28,32-35H2,1-2H3/q+1/b46-30+. The van der Waals surface area contributed by atoms with E-state index in [1.807, 2.05) is 0 Å². The summed E-state index contributed by atoms with van der Waals surface area (Å²) in [5.41, 5.74) is 18.4. The van der Waals surface area contributed by atoms with Gasteiger partial charge in [0, 0.05) is 27.8 Å². The van der Waals surface area contributed by atoms with Crippen LogP contribution in [0.2, 0.25) is 0 Å². The van der Waals surface area contributed by atoms with Gasteiger partial charge in [0.2, 0.25) is 0 Å². The lowest BCUT2D eigenvalue weighted by atomic mass is 9.78. The van der Waals surface area contributed by atoms with Gasteiger partial charge in [-0.1, -0.05) is 154 Å². The molecule has 0 saturated carbocycles. The van der Waals surface area contributed by atoms with Gasteiger partial charge in [-0.05, 0) is 110 Å². The minimum Gasteiger partial charge on any atom is -0.456 e. The van der Waals surface area contributed by atoms with E-state index in [-0.39, 0.29) is 0 Å². The number of fused-ring (bicyclic) bond motifs is 2. The average molecular weight is 792 g/mol. The molecule has 59 heavy (non-hydrogen) atoms. The lowest BCUT2D eigenvalue weighted by Gasteiger charge is -2.32. The van der Waals surface area contributed by atoms with Crippen LogP contribution in [0, 0.1) is 11.8 Å². The van der Waals surface area contributed by atoms with Crippen LogP contribution in [-0.2, 0) is 11.2 Å². The summed E-state index contributed by atoms with van der Waals surface area (Å²) < 4.78 is 13.8. The number of hydrogen-bond acceptors (Lipinski definition) is 1. The van der Waals surface area contributed by atoms with Gasteiger partial charge in [0.15, 0.2) is 0 Å². The predicted octanol–water partition coefficient (Wildman–Crippen LogP) is 16.0. The van der Waals surface area contributed by atoms with Gasteiger partial charge >= 0.3 is 11.5 Å². The van der Waals surface area contributed by atoms with Gasteiger partial charge in [0.1, 0.15) is 11.5 Å². The van der Waals surface area contributed by atoms with E-state index in [4.69, 9.17) is 20.8 Å². The van der Waals surface area contributed by atoms with E-state index in [0.717, 1.165) is 109 Å². The highest BCUT2D eigenvalue weighted by atomic mass is 35.5. The zero-order valence-electron chi connectivity index (χ0n) is 34.3. The number of benzene rings is 4. The predicted molar refractivity (Wildman–Crippen MR) is 246 cm³/mol. The van der Waals surface area contributed by atoms with Crippen molar-refractivity contribution in [1.29, 1.82) is 0 Å². The molecule has 0 bridgehead atoms. The minimum absolute atomic E-state index is 0.529. The van der Waals surface area contributed by atoms with Gasteiger partial charge in [0.05, 0.1) is 27.8 Å². The molecule has 0 amide bonds. The summed E-state index contributed by atoms with van der Waals surface area (Å²) in [5.74, 6) is 4.89. The molecule has 2 nitrogen and oxygen atoms in total. The number of ether oxygens (including phenoxy) is 1. The lowest BCUT2D eigenvalue weighted by Crippen LogP contribution is -2.17. The topological polar surface area (TPSA) is 20.5 Å². The second-order valence-electron chi connectivity index (χ2n) is 16.5. The monoisotopic (exact) mass is 791 g/mol. The number of rotatable bonds is 9. The normalized spacial score (nSPS) is 19.8. The van der Waals surface area contributed by atoms with Crippen molar-refractivity contribution in [2.45, 2.75) is 78.1 Å². The van der Waals surface area contributed by atoms with E-state index < -0.39 is 0 Å². The third-order valence-corrected chi connectivity index (χ3v) is 13.2. The van der Waals surface area contributed by atoms with Crippen LogP contribution in [0.1, 0.15) is 94.1 Å². The van der Waals surface area contributed by atoms with E-state index in [1.165, 1.54) is 50.1 Å². The Morgan fingerprint density at radius 2 is 1.34 bits per heavy atom. The Labute approximate surface area is 355 Å². The van der Waals surface area contributed by atoms with Crippen molar-refractivity contribution in [3.05, 3.63) is 207 Å². The zero-order valence-corrected chi connectivity index (χ0v) is 35.0. The molecule has 4 aromatic carbocycles. The Morgan fingerprint density at radius 1 is 0.712 bits per heavy atom. The Morgan fingerprint density at radius 3 is 2.02 bits per heavy atom. The third-order valence-electron chi connectivity index (χ3n) is 12.7. The van der Waals surface area contributed by atoms with Crippen LogP contribution in [0.5, 0.6) is 0 Å². The van der Waals surface area contributed by atoms with E-state index >= 15 is 0 Å². The van der Waals surface area contributed by atoms with Crippen molar-refractivity contribution in [3.63, 3.8) is 0 Å². The molecule has 1 aromatic heterocycles. The zero-order chi connectivity index (χ0) is 40.1. The van der Waals surface area contributed by atoms with Crippen LogP contribution in [0.3, 0.4) is 0 Å². The smallest absolute Gasteiger partial charge is 0.361 e. The first-order valence-corrected chi connectivity index (χ1v) is 22.0. The van der Waals surface area contributed by atoms with Crippen molar-refractivity contribution >= 4 is 28.5 Å². The maximum absolute atomic E-state index is 7.39. The van der Waals surface area contributed by atoms with Gasteiger partial charge < -0.3 is 4.74 Å². The molecule has 0 N–H and O–H groups in total. The highest BCUT2D eigenvalue weighted by Gasteiger charge is 2.35. The molecule has 0 saturated heterocycles. The number of allylic oxidation sites excluding steroid dienone is 9. The lowest BCUT2D eigenvalue weighted by molar-refractivity contribution is 0.350. The van der Waals surface area contributed by atoms with Gasteiger partial charge in [-0.3, -0.25) is 0 Å². The average Bonchev–Trinajstić information content (AvgIpc) is 3.30. The Hall–Kier alpha value is -5.66. The van der Waals surface area contributed by atoms with Crippen LogP contribution in [0.4, 0.5) is 0 Å². The van der Waals surface area contributed by atoms with Gasteiger partial charge in [-0.2, -0.15) is 0 Å². The summed E-state index contributed by atoms with van der Waals surface area (Å²) in [7, 11) is 0. The molecule has 294 valence electrons. The van der Waals surface area contributed by atoms with E-state index in [1.54, 1.807) is 0 Å². The summed E-state index contributed by atoms with van der Waals surface area (Å²) in [6, 6.07) is 44.8. The summed E-state index contributed by atoms with van der Waals surface area (Å²) >= 11 is 7.39. The fourth-order valence-electron chi connectivity index (χ4n) is 9.31. The SMILES string of the molecule is CCC1CC(C=C=C2CCCC(C/C=C3\CC(CC)Cc4c(-c5ccccc5)cc(-c5ccccc5)[o+]c43)=C2Cl)=C2OC(c3ccccc3)=CC(c3ccccc3)=C2C1. The first-order chi connectivity index (χ1) is 29.1. The molecule has 3 aliphatic carbocycles. The van der Waals surface area contributed by atoms with Gasteiger partial charge in [-0.25, -0.2) is 4.42 Å². The van der Waals surface area contributed by atoms with Crippen LogP contribution in [0.25, 0.3) is 39.4 Å². The summed E-state index contributed by atoms with van der Waals surface area (Å²) in [6.07, 6.45) is 16.8. The molecule has 0 spiro atoms. The fourth-order valence-corrected chi connectivity index (χ4v) is 9.63. The van der Waals surface area contributed by atoms with Gasteiger partial charge in [-0.15, -0.1) is 5.73 Å². The summed E-state index contributed by atoms with van der Waals surface area (Å²) in [4.78, 5) is 0. The first-order valence-electron chi connectivity index (χ1n) is 21.7. The number of halogens is 1. The molecular weight excluding hydrogens is 740 g/mol. The quantitative estimate of drug-likeness (QED) is 0.109. The van der Waals surface area contributed by atoms with E-state index in [2.05, 4.69) is 165 Å². The molecule has 1 aliphatic heterocycles. The molecular formula is C56H52ClO2+. The van der Waals surface area contributed by atoms with Crippen molar-refractivity contribution in [2.75, 3.05) is 0 Å². The van der Waals surface area contributed by atoms with E-state index in [9.17, 15) is 0 Å². The Kier molecular flexibility index (Phi) is 11.6. The van der Waals surface area contributed by atoms with Crippen molar-refractivity contribution < 1.29 is 9.15 Å². The highest BCUT2D eigenvalue weighted by molar-refractivity contribution is 6.32. The van der Waals surface area contributed by atoms with E-state index in [0.29, 0.717) is 11.8 Å². The van der Waals surface area contributed by atoms with Crippen molar-refractivity contribution in [1.82, 2.24) is 0 Å². The molecule has 2 atom stereocenters. The second kappa shape index (κ2) is 17.7. The molecule has 4 aliphatic rings. The molecule has 0 fully saturated rings. The summed E-state index contributed by atoms with van der Waals surface area (Å²) in [6.45, 7) is 4.62. The van der Waals surface area contributed by atoms with Gasteiger partial charge in [0.25, 0.3) is 0 Å². The van der Waals surface area contributed by atoms with Crippen LogP contribution < -0.4 is 0 Å². The first kappa shape index (κ1) is 38.8. The highest BCUT2D eigenvalue weighted by Crippen LogP contribution is 2.47. The number of hydrogen-bond donors (Lipinski definition) is 0. The largest absolute Gasteiger partial charge is 0.456 e. The fraction of sp³-hybridized carbons (Fsp3) is 0.250. The van der Waals surface area contributed by atoms with Crippen molar-refractivity contribution in [3.8, 4) is 22.5 Å².